The van der Waals surface area contributed by atoms with Crippen molar-refractivity contribution < 1.29 is 9.13 Å². The molecule has 29 heavy (non-hydrogen) atoms. The second kappa shape index (κ2) is 7.64. The molecule has 150 valence electrons. The molecule has 2 heterocycles. The molecule has 0 bridgehead atoms. The molecule has 0 aliphatic heterocycles. The summed E-state index contributed by atoms with van der Waals surface area (Å²) in [5, 5.41) is 5.65. The molecular weight excluding hydrogens is 371 g/mol. The molecule has 3 rings (SSSR count). The lowest BCUT2D eigenvalue weighted by atomic mass is 9.90. The van der Waals surface area contributed by atoms with Crippen LogP contribution in [0.5, 0.6) is 5.75 Å². The Kier molecular flexibility index (Phi) is 5.40. The largest absolute Gasteiger partial charge is 0.496 e. The second-order valence-corrected chi connectivity index (χ2v) is 7.81. The standard InChI is InChI=1S/C21H23FN6O/c1-20(2,22)19-24-9-8-13(26-19)10-14-11-15-16(12-25-14)18(29-5)7-6-17(15)21(3,4)27-28-23/h6-9,11-12H,10H2,1-5H3. The predicted octanol–water partition coefficient (Wildman–Crippen LogP) is 5.37. The summed E-state index contributed by atoms with van der Waals surface area (Å²) >= 11 is 0. The molecule has 2 aromatic heterocycles. The minimum Gasteiger partial charge on any atom is -0.496 e. The van der Waals surface area contributed by atoms with Crippen LogP contribution < -0.4 is 4.74 Å². The van der Waals surface area contributed by atoms with Crippen LogP contribution in [0, 0.1) is 0 Å². The summed E-state index contributed by atoms with van der Waals surface area (Å²) < 4.78 is 19.7. The third-order valence-electron chi connectivity index (χ3n) is 4.70. The Hall–Kier alpha value is -3.25. The molecule has 0 atom stereocenters. The molecule has 0 fully saturated rings. The molecule has 3 aromatic rings. The summed E-state index contributed by atoms with van der Waals surface area (Å²) in [4.78, 5) is 15.9. The number of methoxy groups -OCH3 is 1. The van der Waals surface area contributed by atoms with E-state index in [4.69, 9.17) is 10.3 Å². The number of alkyl halides is 1. The smallest absolute Gasteiger partial charge is 0.165 e. The van der Waals surface area contributed by atoms with Gasteiger partial charge in [-0.05, 0) is 48.5 Å². The van der Waals surface area contributed by atoms with Crippen molar-refractivity contribution in [3.8, 4) is 5.75 Å². The Balaban J connectivity index is 2.11. The minimum absolute atomic E-state index is 0.141. The average molecular weight is 394 g/mol. The number of rotatable bonds is 6. The lowest BCUT2D eigenvalue weighted by molar-refractivity contribution is 0.206. The van der Waals surface area contributed by atoms with Crippen LogP contribution in [0.2, 0.25) is 0 Å². The predicted molar refractivity (Wildman–Crippen MR) is 109 cm³/mol. The summed E-state index contributed by atoms with van der Waals surface area (Å²) in [5.41, 5.74) is 8.87. The van der Waals surface area contributed by atoms with Crippen LogP contribution in [-0.4, -0.2) is 22.1 Å². The molecule has 0 saturated carbocycles. The van der Waals surface area contributed by atoms with E-state index in [1.165, 1.54) is 13.8 Å². The van der Waals surface area contributed by atoms with Crippen LogP contribution in [0.15, 0.2) is 41.8 Å². The molecular formula is C21H23FN6O. The highest BCUT2D eigenvalue weighted by Gasteiger charge is 2.24. The van der Waals surface area contributed by atoms with Gasteiger partial charge in [0.15, 0.2) is 11.5 Å². The number of hydrogen-bond donors (Lipinski definition) is 0. The van der Waals surface area contributed by atoms with Crippen molar-refractivity contribution in [2.24, 2.45) is 5.11 Å². The van der Waals surface area contributed by atoms with Crippen molar-refractivity contribution in [1.82, 2.24) is 15.0 Å². The number of fused-ring (bicyclic) bond motifs is 1. The van der Waals surface area contributed by atoms with Crippen LogP contribution in [0.25, 0.3) is 21.2 Å². The number of nitrogens with zero attached hydrogens (tertiary/aromatic N) is 6. The maximum absolute atomic E-state index is 14.2. The monoisotopic (exact) mass is 394 g/mol. The van der Waals surface area contributed by atoms with E-state index in [1.807, 2.05) is 32.0 Å². The molecule has 0 spiro atoms. The molecule has 1 aromatic carbocycles. The van der Waals surface area contributed by atoms with Gasteiger partial charge >= 0.3 is 0 Å². The van der Waals surface area contributed by atoms with Crippen molar-refractivity contribution in [1.29, 1.82) is 0 Å². The molecule has 8 heteroatoms. The van der Waals surface area contributed by atoms with Crippen molar-refractivity contribution in [3.05, 3.63) is 69.9 Å². The fourth-order valence-electron chi connectivity index (χ4n) is 3.20. The molecule has 0 radical (unpaired) electrons. The summed E-state index contributed by atoms with van der Waals surface area (Å²) in [5.74, 6) is 0.825. The quantitative estimate of drug-likeness (QED) is 0.319. The summed E-state index contributed by atoms with van der Waals surface area (Å²) in [6.45, 7) is 6.57. The normalized spacial score (nSPS) is 11.9. The van der Waals surface area contributed by atoms with Crippen LogP contribution in [-0.2, 0) is 17.6 Å². The Bertz CT molecular complexity index is 1100. The molecule has 0 amide bonds. The zero-order chi connectivity index (χ0) is 21.2. The first-order valence-corrected chi connectivity index (χ1v) is 9.19. The molecule has 0 aliphatic carbocycles. The van der Waals surface area contributed by atoms with E-state index in [2.05, 4.69) is 25.0 Å². The molecule has 0 aliphatic rings. The van der Waals surface area contributed by atoms with Crippen molar-refractivity contribution in [2.75, 3.05) is 7.11 Å². The third kappa shape index (κ3) is 4.27. The lowest BCUT2D eigenvalue weighted by Crippen LogP contribution is -2.15. The highest BCUT2D eigenvalue weighted by atomic mass is 19.1. The summed E-state index contributed by atoms with van der Waals surface area (Å²) in [6.07, 6.45) is 3.71. The summed E-state index contributed by atoms with van der Waals surface area (Å²) in [6, 6.07) is 7.42. The first-order chi connectivity index (χ1) is 13.7. The fourth-order valence-corrected chi connectivity index (χ4v) is 3.20. The first-order valence-electron chi connectivity index (χ1n) is 9.19. The van der Waals surface area contributed by atoms with Gasteiger partial charge < -0.3 is 4.74 Å². The lowest BCUT2D eigenvalue weighted by Gasteiger charge is -2.22. The fraction of sp³-hybridized carbons (Fsp3) is 0.381. The van der Waals surface area contributed by atoms with Gasteiger partial charge in [-0.2, -0.15) is 0 Å². The van der Waals surface area contributed by atoms with Crippen molar-refractivity contribution >= 4 is 10.8 Å². The minimum atomic E-state index is -1.62. The number of halogens is 1. The van der Waals surface area contributed by atoms with Crippen molar-refractivity contribution in [3.63, 3.8) is 0 Å². The van der Waals surface area contributed by atoms with Crippen molar-refractivity contribution in [2.45, 2.75) is 45.3 Å². The van der Waals surface area contributed by atoms with E-state index >= 15 is 0 Å². The van der Waals surface area contributed by atoms with Gasteiger partial charge in [-0.25, -0.2) is 14.4 Å². The van der Waals surface area contributed by atoms with E-state index in [1.54, 1.807) is 25.6 Å². The molecule has 0 N–H and O–H groups in total. The van der Waals surface area contributed by atoms with Crippen LogP contribution >= 0.6 is 0 Å². The zero-order valence-corrected chi connectivity index (χ0v) is 17.1. The van der Waals surface area contributed by atoms with E-state index in [0.717, 1.165) is 22.0 Å². The Labute approximate surface area is 168 Å². The highest BCUT2D eigenvalue weighted by Crippen LogP contribution is 2.36. The number of azide groups is 1. The number of pyridine rings is 1. The van der Waals surface area contributed by atoms with Gasteiger partial charge in [0.1, 0.15) is 5.75 Å². The number of aromatic nitrogens is 3. The van der Waals surface area contributed by atoms with Crippen LogP contribution in [0.3, 0.4) is 0 Å². The summed E-state index contributed by atoms with van der Waals surface area (Å²) in [7, 11) is 1.60. The second-order valence-electron chi connectivity index (χ2n) is 7.81. The Morgan fingerprint density at radius 2 is 1.86 bits per heavy atom. The molecule has 0 unspecified atom stereocenters. The number of benzene rings is 1. The van der Waals surface area contributed by atoms with Gasteiger partial charge in [-0.15, -0.1) is 0 Å². The third-order valence-corrected chi connectivity index (χ3v) is 4.70. The Morgan fingerprint density at radius 1 is 1.10 bits per heavy atom. The first kappa shape index (κ1) is 20.5. The maximum atomic E-state index is 14.2. The Morgan fingerprint density at radius 3 is 2.52 bits per heavy atom. The number of hydrogen-bond acceptors (Lipinski definition) is 5. The van der Waals surface area contributed by atoms with Crippen LogP contribution in [0.4, 0.5) is 4.39 Å². The average Bonchev–Trinajstić information content (AvgIpc) is 2.66. The van der Waals surface area contributed by atoms with Gasteiger partial charge in [0.2, 0.25) is 0 Å². The van der Waals surface area contributed by atoms with E-state index in [-0.39, 0.29) is 5.82 Å². The topological polar surface area (TPSA) is 96.7 Å². The zero-order valence-electron chi connectivity index (χ0n) is 17.1. The van der Waals surface area contributed by atoms with Crippen LogP contribution in [0.1, 0.15) is 50.5 Å². The SMILES string of the molecule is COc1ccc(C(C)(C)N=[N+]=[N-])c2cc(Cc3ccnc(C(C)(C)F)n3)ncc12. The van der Waals surface area contributed by atoms with E-state index < -0.39 is 11.2 Å². The van der Waals surface area contributed by atoms with Gasteiger partial charge in [-0.3, -0.25) is 4.98 Å². The highest BCUT2D eigenvalue weighted by molar-refractivity contribution is 5.91. The van der Waals surface area contributed by atoms with E-state index in [9.17, 15) is 4.39 Å². The van der Waals surface area contributed by atoms with Gasteiger partial charge in [0, 0.05) is 34.8 Å². The van der Waals surface area contributed by atoms with Gasteiger partial charge in [0.25, 0.3) is 0 Å². The van der Waals surface area contributed by atoms with E-state index in [0.29, 0.717) is 17.9 Å². The maximum Gasteiger partial charge on any atom is 0.165 e. The number of ether oxygens (including phenoxy) is 1. The molecule has 7 nitrogen and oxygen atoms in total. The van der Waals surface area contributed by atoms with Gasteiger partial charge in [-0.1, -0.05) is 25.0 Å². The van der Waals surface area contributed by atoms with Gasteiger partial charge in [0.05, 0.1) is 18.3 Å². The molecule has 0 saturated heterocycles.